The molecule has 0 radical (unpaired) electrons. The van der Waals surface area contributed by atoms with E-state index in [0.29, 0.717) is 0 Å². The molecule has 0 bridgehead atoms. The maximum absolute atomic E-state index is 11.7. The first-order chi connectivity index (χ1) is 13.5. The van der Waals surface area contributed by atoms with Crippen molar-refractivity contribution in [2.24, 2.45) is 0 Å². The second-order valence-electron chi connectivity index (χ2n) is 6.20. The second-order valence-corrected chi connectivity index (χ2v) is 6.20. The summed E-state index contributed by atoms with van der Waals surface area (Å²) in [5.41, 5.74) is 0. The standard InChI is InChI=1S/C18H25NO10/c1-9(20)19-16-14(27-11(3)22)6-7-25-18(16)17(29-13(5)24)15(28-12(4)23)8-26-10(2)21/h6,15-18H,7-8H2,1-5H3,(H,19,20)/t15-,16-,17-,18?/m1/s1. The zero-order valence-corrected chi connectivity index (χ0v) is 16.9. The van der Waals surface area contributed by atoms with Crippen LogP contribution in [0.3, 0.4) is 0 Å². The lowest BCUT2D eigenvalue weighted by atomic mass is 9.96. The van der Waals surface area contributed by atoms with Gasteiger partial charge in [-0.3, -0.25) is 24.0 Å². The van der Waals surface area contributed by atoms with Crippen molar-refractivity contribution in [3.63, 3.8) is 0 Å². The van der Waals surface area contributed by atoms with Crippen molar-refractivity contribution in [1.82, 2.24) is 5.32 Å². The van der Waals surface area contributed by atoms with Crippen LogP contribution in [0.25, 0.3) is 0 Å². The van der Waals surface area contributed by atoms with E-state index in [0.717, 1.165) is 20.8 Å². The predicted octanol–water partition coefficient (Wildman–Crippen LogP) is -0.237. The highest BCUT2D eigenvalue weighted by Gasteiger charge is 2.44. The van der Waals surface area contributed by atoms with Crippen molar-refractivity contribution in [2.45, 2.75) is 59.0 Å². The summed E-state index contributed by atoms with van der Waals surface area (Å²) in [4.78, 5) is 57.6. The Morgan fingerprint density at radius 1 is 1.00 bits per heavy atom. The van der Waals surface area contributed by atoms with Gasteiger partial charge in [-0.05, 0) is 6.08 Å². The molecule has 0 saturated carbocycles. The minimum absolute atomic E-state index is 0.0402. The molecular weight excluding hydrogens is 390 g/mol. The van der Waals surface area contributed by atoms with Gasteiger partial charge >= 0.3 is 23.9 Å². The molecule has 11 nitrogen and oxygen atoms in total. The van der Waals surface area contributed by atoms with Crippen LogP contribution in [0.4, 0.5) is 0 Å². The number of carbonyl (C=O) groups excluding carboxylic acids is 5. The van der Waals surface area contributed by atoms with Gasteiger partial charge in [-0.2, -0.15) is 0 Å². The summed E-state index contributed by atoms with van der Waals surface area (Å²) in [7, 11) is 0. The molecule has 0 aromatic heterocycles. The Labute approximate surface area is 167 Å². The fourth-order valence-corrected chi connectivity index (χ4v) is 2.71. The summed E-state index contributed by atoms with van der Waals surface area (Å²) in [6.45, 7) is 5.37. The molecule has 1 amide bonds. The predicted molar refractivity (Wildman–Crippen MR) is 94.9 cm³/mol. The average molecular weight is 415 g/mol. The smallest absolute Gasteiger partial charge is 0.307 e. The Kier molecular flexibility index (Phi) is 9.26. The number of nitrogens with one attached hydrogen (secondary N) is 1. The minimum atomic E-state index is -1.29. The third-order valence-electron chi connectivity index (χ3n) is 3.59. The number of hydrogen-bond acceptors (Lipinski definition) is 10. The molecule has 1 heterocycles. The first-order valence-electron chi connectivity index (χ1n) is 8.76. The summed E-state index contributed by atoms with van der Waals surface area (Å²) in [5.74, 6) is -3.13. The van der Waals surface area contributed by atoms with E-state index in [2.05, 4.69) is 5.32 Å². The van der Waals surface area contributed by atoms with E-state index in [9.17, 15) is 24.0 Å². The lowest BCUT2D eigenvalue weighted by molar-refractivity contribution is -0.189. The van der Waals surface area contributed by atoms with Crippen molar-refractivity contribution in [1.29, 1.82) is 0 Å². The largest absolute Gasteiger partial charge is 0.462 e. The molecule has 0 aromatic carbocycles. The zero-order chi connectivity index (χ0) is 22.1. The Morgan fingerprint density at radius 3 is 2.10 bits per heavy atom. The maximum atomic E-state index is 11.7. The molecule has 162 valence electrons. The quantitative estimate of drug-likeness (QED) is 0.417. The van der Waals surface area contributed by atoms with Crippen LogP contribution in [0.1, 0.15) is 34.6 Å². The summed E-state index contributed by atoms with van der Waals surface area (Å²) >= 11 is 0. The highest BCUT2D eigenvalue weighted by molar-refractivity contribution is 5.74. The van der Waals surface area contributed by atoms with E-state index in [1.54, 1.807) is 0 Å². The lowest BCUT2D eigenvalue weighted by Gasteiger charge is -2.38. The fraction of sp³-hybridized carbons (Fsp3) is 0.611. The molecule has 1 aliphatic rings. The van der Waals surface area contributed by atoms with E-state index < -0.39 is 60.7 Å². The van der Waals surface area contributed by atoms with Crippen LogP contribution in [0, 0.1) is 0 Å². The molecule has 29 heavy (non-hydrogen) atoms. The van der Waals surface area contributed by atoms with Crippen LogP contribution < -0.4 is 5.32 Å². The average Bonchev–Trinajstić information content (AvgIpc) is 2.57. The summed E-state index contributed by atoms with van der Waals surface area (Å²) in [6, 6.07) is -1.04. The van der Waals surface area contributed by atoms with Gasteiger partial charge in [0.1, 0.15) is 24.5 Å². The molecule has 0 aliphatic carbocycles. The van der Waals surface area contributed by atoms with Gasteiger partial charge in [-0.1, -0.05) is 0 Å². The number of hydrogen-bond donors (Lipinski definition) is 1. The third-order valence-corrected chi connectivity index (χ3v) is 3.59. The molecule has 1 rings (SSSR count). The van der Waals surface area contributed by atoms with Crippen molar-refractivity contribution in [3.8, 4) is 0 Å². The summed E-state index contributed by atoms with van der Waals surface area (Å²) in [6.07, 6.45) is -2.19. The van der Waals surface area contributed by atoms with Crippen molar-refractivity contribution >= 4 is 29.8 Å². The molecule has 4 atom stereocenters. The number of carbonyl (C=O) groups is 5. The van der Waals surface area contributed by atoms with Crippen LogP contribution >= 0.6 is 0 Å². The van der Waals surface area contributed by atoms with Gasteiger partial charge in [0.2, 0.25) is 5.91 Å². The van der Waals surface area contributed by atoms with Gasteiger partial charge in [-0.25, -0.2) is 0 Å². The number of ether oxygens (including phenoxy) is 5. The van der Waals surface area contributed by atoms with Crippen LogP contribution in [-0.2, 0) is 47.7 Å². The van der Waals surface area contributed by atoms with Gasteiger partial charge in [0.05, 0.1) is 6.61 Å². The molecule has 1 aliphatic heterocycles. The van der Waals surface area contributed by atoms with E-state index in [1.807, 2.05) is 0 Å². The molecule has 0 saturated heterocycles. The Morgan fingerprint density at radius 2 is 1.62 bits per heavy atom. The third kappa shape index (κ3) is 8.30. The first-order valence-corrected chi connectivity index (χ1v) is 8.76. The van der Waals surface area contributed by atoms with Crippen LogP contribution in [0.15, 0.2) is 11.8 Å². The van der Waals surface area contributed by atoms with Crippen LogP contribution in [-0.4, -0.2) is 67.4 Å². The summed E-state index contributed by atoms with van der Waals surface area (Å²) in [5, 5.41) is 2.57. The van der Waals surface area contributed by atoms with Crippen LogP contribution in [0.2, 0.25) is 0 Å². The van der Waals surface area contributed by atoms with Gasteiger partial charge in [0.25, 0.3) is 0 Å². The second kappa shape index (κ2) is 11.1. The molecule has 0 spiro atoms. The molecule has 0 fully saturated rings. The monoisotopic (exact) mass is 415 g/mol. The van der Waals surface area contributed by atoms with Gasteiger partial charge in [-0.15, -0.1) is 0 Å². The van der Waals surface area contributed by atoms with E-state index >= 15 is 0 Å². The van der Waals surface area contributed by atoms with E-state index in [1.165, 1.54) is 19.9 Å². The fourth-order valence-electron chi connectivity index (χ4n) is 2.71. The Hall–Kier alpha value is -2.95. The Bertz CT molecular complexity index is 686. The van der Waals surface area contributed by atoms with E-state index in [4.69, 9.17) is 23.7 Å². The Balaban J connectivity index is 3.30. The minimum Gasteiger partial charge on any atom is -0.462 e. The number of esters is 4. The van der Waals surface area contributed by atoms with E-state index in [-0.39, 0.29) is 12.4 Å². The van der Waals surface area contributed by atoms with Gasteiger partial charge in [0.15, 0.2) is 12.2 Å². The highest BCUT2D eigenvalue weighted by Crippen LogP contribution is 2.25. The van der Waals surface area contributed by atoms with Crippen molar-refractivity contribution in [2.75, 3.05) is 13.2 Å². The zero-order valence-electron chi connectivity index (χ0n) is 16.9. The first kappa shape index (κ1) is 24.1. The SMILES string of the molecule is CC(=O)N[C@@H]1C(OC(C)=O)=CCOC1[C@H](OC(C)=O)[C@@H](COC(C)=O)OC(C)=O. The summed E-state index contributed by atoms with van der Waals surface area (Å²) < 4.78 is 26.2. The maximum Gasteiger partial charge on any atom is 0.307 e. The molecule has 1 N–H and O–H groups in total. The number of rotatable bonds is 8. The molecular formula is C18H25NO10. The molecule has 11 heteroatoms. The van der Waals surface area contributed by atoms with Crippen molar-refractivity contribution in [3.05, 3.63) is 11.8 Å². The van der Waals surface area contributed by atoms with Gasteiger partial charge < -0.3 is 29.0 Å². The highest BCUT2D eigenvalue weighted by atomic mass is 16.6. The van der Waals surface area contributed by atoms with Crippen LogP contribution in [0.5, 0.6) is 0 Å². The topological polar surface area (TPSA) is 144 Å². The normalized spacial score (nSPS) is 20.4. The lowest BCUT2D eigenvalue weighted by Crippen LogP contribution is -2.58. The number of amides is 1. The van der Waals surface area contributed by atoms with Gasteiger partial charge in [0, 0.05) is 34.6 Å². The van der Waals surface area contributed by atoms with Crippen molar-refractivity contribution < 1.29 is 47.7 Å². The molecule has 1 unspecified atom stereocenters. The molecule has 0 aromatic rings.